The van der Waals surface area contributed by atoms with Gasteiger partial charge in [-0.3, -0.25) is 4.79 Å². The summed E-state index contributed by atoms with van der Waals surface area (Å²) in [6.45, 7) is 2.15. The number of hydrogen-bond acceptors (Lipinski definition) is 4. The number of nitrogens with two attached hydrogens (primary N) is 1. The number of carbonyl (C=O) groups excluding carboxylic acids is 2. The molecule has 0 bridgehead atoms. The standard InChI is InChI=1S/C23H33F2N5O2/c24-23(25,11-15-1-2-15)12-17(19(31)28-22(13-26)5-6-22)18-21(14-30(18)20(27)32)7-9-29(10-8-21)16-3-4-16/h15-18H,1-12,14H2,(H2,27,32)(H,28,31)/t17-,18?/m0/s1. The Bertz CT molecular complexity index is 823. The number of carbonyl (C=O) groups is 2. The molecule has 0 radical (unpaired) electrons. The van der Waals surface area contributed by atoms with Crippen molar-refractivity contribution >= 4 is 11.9 Å². The summed E-state index contributed by atoms with van der Waals surface area (Å²) < 4.78 is 30.1. The quantitative estimate of drug-likeness (QED) is 0.595. The van der Waals surface area contributed by atoms with E-state index in [2.05, 4.69) is 16.3 Å². The van der Waals surface area contributed by atoms with Crippen LogP contribution >= 0.6 is 0 Å². The molecule has 2 heterocycles. The van der Waals surface area contributed by atoms with Gasteiger partial charge in [-0.1, -0.05) is 0 Å². The smallest absolute Gasteiger partial charge is 0.315 e. The molecule has 2 atom stereocenters. The van der Waals surface area contributed by atoms with Crippen LogP contribution in [-0.4, -0.2) is 64.9 Å². The number of likely N-dealkylation sites (tertiary alicyclic amines) is 2. The van der Waals surface area contributed by atoms with Crippen LogP contribution in [0.25, 0.3) is 0 Å². The van der Waals surface area contributed by atoms with Crippen molar-refractivity contribution in [3.05, 3.63) is 0 Å². The number of halogens is 2. The summed E-state index contributed by atoms with van der Waals surface area (Å²) in [6.07, 6.45) is 5.84. The van der Waals surface area contributed by atoms with Gasteiger partial charge in [0.05, 0.1) is 18.0 Å². The third-order valence-corrected chi connectivity index (χ3v) is 8.44. The molecule has 5 rings (SSSR count). The van der Waals surface area contributed by atoms with Gasteiger partial charge in [0.15, 0.2) is 0 Å². The summed E-state index contributed by atoms with van der Waals surface area (Å²) in [4.78, 5) is 29.4. The van der Waals surface area contributed by atoms with Crippen LogP contribution in [0.2, 0.25) is 0 Å². The largest absolute Gasteiger partial charge is 0.351 e. The number of nitrogens with one attached hydrogen (secondary N) is 1. The number of hydrogen-bond donors (Lipinski definition) is 2. The van der Waals surface area contributed by atoms with Gasteiger partial charge in [-0.2, -0.15) is 5.26 Å². The van der Waals surface area contributed by atoms with Crippen LogP contribution in [0.1, 0.15) is 64.2 Å². The Morgan fingerprint density at radius 3 is 2.31 bits per heavy atom. The first kappa shape index (κ1) is 21.9. The molecule has 3 amide bonds. The van der Waals surface area contributed by atoms with Gasteiger partial charge in [-0.15, -0.1) is 0 Å². The van der Waals surface area contributed by atoms with Gasteiger partial charge in [0.25, 0.3) is 0 Å². The number of nitrogens with zero attached hydrogens (tertiary/aromatic N) is 3. The summed E-state index contributed by atoms with van der Waals surface area (Å²) >= 11 is 0. The molecule has 3 N–H and O–H groups in total. The van der Waals surface area contributed by atoms with E-state index in [0.29, 0.717) is 25.4 Å². The van der Waals surface area contributed by atoms with Gasteiger partial charge in [0.2, 0.25) is 11.8 Å². The monoisotopic (exact) mass is 449 g/mol. The van der Waals surface area contributed by atoms with E-state index in [0.717, 1.165) is 38.8 Å². The summed E-state index contributed by atoms with van der Waals surface area (Å²) in [6, 6.07) is 1.45. The predicted molar refractivity (Wildman–Crippen MR) is 112 cm³/mol. The van der Waals surface area contributed by atoms with Gasteiger partial charge < -0.3 is 20.9 Å². The molecule has 0 aromatic rings. The molecule has 176 valence electrons. The highest BCUT2D eigenvalue weighted by Crippen LogP contribution is 2.53. The average molecular weight is 450 g/mol. The maximum absolute atomic E-state index is 15.0. The van der Waals surface area contributed by atoms with Crippen molar-refractivity contribution in [1.29, 1.82) is 5.26 Å². The fourth-order valence-corrected chi connectivity index (χ4v) is 6.05. The van der Waals surface area contributed by atoms with Crippen LogP contribution in [0.15, 0.2) is 0 Å². The van der Waals surface area contributed by atoms with E-state index in [4.69, 9.17) is 5.73 Å². The normalized spacial score (nSPS) is 29.7. The number of alkyl halides is 2. The molecule has 5 fully saturated rings. The van der Waals surface area contributed by atoms with Crippen molar-refractivity contribution in [3.8, 4) is 6.07 Å². The van der Waals surface area contributed by atoms with E-state index in [-0.39, 0.29) is 17.8 Å². The van der Waals surface area contributed by atoms with Crippen LogP contribution < -0.4 is 11.1 Å². The summed E-state index contributed by atoms with van der Waals surface area (Å²) in [7, 11) is 0. The molecule has 0 aromatic heterocycles. The van der Waals surface area contributed by atoms with Gasteiger partial charge >= 0.3 is 6.03 Å². The molecule has 9 heteroatoms. The predicted octanol–water partition coefficient (Wildman–Crippen LogP) is 2.61. The summed E-state index contributed by atoms with van der Waals surface area (Å²) in [5.74, 6) is -4.56. The fraction of sp³-hybridized carbons (Fsp3) is 0.870. The van der Waals surface area contributed by atoms with Crippen LogP contribution in [0, 0.1) is 28.6 Å². The lowest BCUT2D eigenvalue weighted by atomic mass is 9.60. The number of urea groups is 1. The Labute approximate surface area is 187 Å². The molecule has 32 heavy (non-hydrogen) atoms. The maximum Gasteiger partial charge on any atom is 0.315 e. The Balaban J connectivity index is 1.39. The van der Waals surface area contributed by atoms with Crippen molar-refractivity contribution in [3.63, 3.8) is 0 Å². The first-order valence-electron chi connectivity index (χ1n) is 12.1. The molecule has 2 aliphatic heterocycles. The van der Waals surface area contributed by atoms with Gasteiger partial charge in [-0.05, 0) is 70.4 Å². The molecule has 1 unspecified atom stereocenters. The topological polar surface area (TPSA) is 102 Å². The minimum Gasteiger partial charge on any atom is -0.351 e. The Hall–Kier alpha value is -1.95. The third-order valence-electron chi connectivity index (χ3n) is 8.44. The zero-order valence-corrected chi connectivity index (χ0v) is 18.5. The van der Waals surface area contributed by atoms with Gasteiger partial charge in [0.1, 0.15) is 5.54 Å². The molecular weight excluding hydrogens is 416 g/mol. The fourth-order valence-electron chi connectivity index (χ4n) is 6.05. The lowest BCUT2D eigenvalue weighted by molar-refractivity contribution is -0.154. The summed E-state index contributed by atoms with van der Waals surface area (Å²) in [5.41, 5.74) is 4.33. The lowest BCUT2D eigenvalue weighted by Crippen LogP contribution is -2.73. The SMILES string of the molecule is N#CC1(NC(=O)[C@@H](CC(F)(F)CC2CC2)C2N(C(N)=O)CC23CCN(C2CC2)CC3)CC1. The van der Waals surface area contributed by atoms with Gasteiger partial charge in [-0.25, -0.2) is 13.6 Å². The van der Waals surface area contributed by atoms with Crippen LogP contribution in [0.3, 0.4) is 0 Å². The highest BCUT2D eigenvalue weighted by atomic mass is 19.3. The van der Waals surface area contributed by atoms with Crippen LogP contribution in [0.4, 0.5) is 13.6 Å². The maximum atomic E-state index is 15.0. The van der Waals surface area contributed by atoms with Crippen molar-refractivity contribution in [1.82, 2.24) is 15.1 Å². The number of primary amides is 1. The van der Waals surface area contributed by atoms with E-state index in [1.807, 2.05) is 0 Å². The molecular formula is C23H33F2N5O2. The molecule has 5 aliphatic rings. The molecule has 3 saturated carbocycles. The molecule has 1 spiro atoms. The number of nitriles is 1. The van der Waals surface area contributed by atoms with Crippen molar-refractivity contribution in [2.75, 3.05) is 19.6 Å². The summed E-state index contributed by atoms with van der Waals surface area (Å²) in [5, 5.41) is 12.2. The zero-order valence-electron chi connectivity index (χ0n) is 18.5. The van der Waals surface area contributed by atoms with Crippen molar-refractivity contribution in [2.24, 2.45) is 23.0 Å². The number of rotatable bonds is 8. The van der Waals surface area contributed by atoms with E-state index < -0.39 is 41.8 Å². The third kappa shape index (κ3) is 4.18. The van der Waals surface area contributed by atoms with Crippen molar-refractivity contribution < 1.29 is 18.4 Å². The second kappa shape index (κ2) is 7.54. The lowest BCUT2D eigenvalue weighted by Gasteiger charge is -2.62. The Morgan fingerprint density at radius 2 is 1.81 bits per heavy atom. The minimum absolute atomic E-state index is 0.0203. The van der Waals surface area contributed by atoms with Crippen molar-refractivity contribution in [2.45, 2.75) is 87.8 Å². The van der Waals surface area contributed by atoms with E-state index in [9.17, 15) is 14.9 Å². The number of piperidine rings is 1. The first-order chi connectivity index (χ1) is 15.2. The minimum atomic E-state index is -2.98. The molecule has 3 aliphatic carbocycles. The second-order valence-corrected chi connectivity index (χ2v) is 11.0. The molecule has 2 saturated heterocycles. The van der Waals surface area contributed by atoms with Gasteiger partial charge in [0, 0.05) is 30.8 Å². The Kier molecular flexibility index (Phi) is 5.16. The Morgan fingerprint density at radius 1 is 1.16 bits per heavy atom. The van der Waals surface area contributed by atoms with Crippen LogP contribution in [0.5, 0.6) is 0 Å². The first-order valence-corrected chi connectivity index (χ1v) is 12.1. The molecule has 0 aromatic carbocycles. The van der Waals surface area contributed by atoms with E-state index in [1.165, 1.54) is 17.7 Å². The zero-order chi connectivity index (χ0) is 22.7. The van der Waals surface area contributed by atoms with E-state index >= 15 is 8.78 Å². The van der Waals surface area contributed by atoms with Crippen LogP contribution in [-0.2, 0) is 4.79 Å². The average Bonchev–Trinajstić information content (AvgIpc) is 3.58. The highest BCUT2D eigenvalue weighted by Gasteiger charge is 2.61. The highest BCUT2D eigenvalue weighted by molar-refractivity contribution is 5.83. The second-order valence-electron chi connectivity index (χ2n) is 11.0. The number of amides is 3. The molecule has 7 nitrogen and oxygen atoms in total. The van der Waals surface area contributed by atoms with E-state index in [1.54, 1.807) is 0 Å².